The molecule has 0 atom stereocenters. The topological polar surface area (TPSA) is 65.2 Å². The van der Waals surface area contributed by atoms with Crippen LogP contribution >= 0.6 is 0 Å². The second-order valence-corrected chi connectivity index (χ2v) is 6.74. The Bertz CT molecular complexity index is 772. The lowest BCUT2D eigenvalue weighted by molar-refractivity contribution is 0.102. The Kier molecular flexibility index (Phi) is 5.66. The SMILES string of the molecule is Cc1cc(=O)[nH]cc1C(=O)Nc1ccc(CN2CCCCCC2)cc1. The third kappa shape index (κ3) is 4.79. The number of nitrogens with zero attached hydrogens (tertiary/aromatic N) is 1. The van der Waals surface area contributed by atoms with Gasteiger partial charge in [0.1, 0.15) is 0 Å². The van der Waals surface area contributed by atoms with E-state index in [9.17, 15) is 9.59 Å². The molecule has 25 heavy (non-hydrogen) atoms. The number of carbonyl (C=O) groups excluding carboxylic acids is 1. The minimum atomic E-state index is -0.214. The number of likely N-dealkylation sites (tertiary alicyclic amines) is 1. The maximum absolute atomic E-state index is 12.3. The highest BCUT2D eigenvalue weighted by molar-refractivity contribution is 6.05. The van der Waals surface area contributed by atoms with Crippen LogP contribution in [0.1, 0.15) is 47.2 Å². The molecule has 1 aromatic heterocycles. The van der Waals surface area contributed by atoms with Crippen LogP contribution in [0, 0.1) is 6.92 Å². The first-order valence-electron chi connectivity index (χ1n) is 8.94. The largest absolute Gasteiger partial charge is 0.328 e. The van der Waals surface area contributed by atoms with Crippen LogP contribution < -0.4 is 10.9 Å². The number of nitrogens with one attached hydrogen (secondary N) is 2. The molecule has 5 heteroatoms. The summed E-state index contributed by atoms with van der Waals surface area (Å²) in [5.41, 5.74) is 2.97. The summed E-state index contributed by atoms with van der Waals surface area (Å²) < 4.78 is 0. The first kappa shape index (κ1) is 17.4. The molecule has 2 heterocycles. The van der Waals surface area contributed by atoms with Crippen molar-refractivity contribution in [1.82, 2.24) is 9.88 Å². The minimum Gasteiger partial charge on any atom is -0.328 e. The van der Waals surface area contributed by atoms with Gasteiger partial charge in [0.05, 0.1) is 5.56 Å². The van der Waals surface area contributed by atoms with Crippen LogP contribution in [-0.4, -0.2) is 28.9 Å². The molecular formula is C20H25N3O2. The summed E-state index contributed by atoms with van der Waals surface area (Å²) in [5, 5.41) is 2.88. The molecule has 132 valence electrons. The Morgan fingerprint density at radius 2 is 1.80 bits per heavy atom. The van der Waals surface area contributed by atoms with Crippen molar-refractivity contribution in [2.75, 3.05) is 18.4 Å². The van der Waals surface area contributed by atoms with E-state index >= 15 is 0 Å². The summed E-state index contributed by atoms with van der Waals surface area (Å²) in [6, 6.07) is 9.44. The average Bonchev–Trinajstić information content (AvgIpc) is 2.85. The quantitative estimate of drug-likeness (QED) is 0.898. The molecule has 1 saturated heterocycles. The number of benzene rings is 1. The van der Waals surface area contributed by atoms with E-state index in [2.05, 4.69) is 27.3 Å². The molecule has 3 rings (SSSR count). The lowest BCUT2D eigenvalue weighted by atomic mass is 10.1. The number of hydrogen-bond donors (Lipinski definition) is 2. The van der Waals surface area contributed by atoms with E-state index in [0.29, 0.717) is 11.1 Å². The highest BCUT2D eigenvalue weighted by Crippen LogP contribution is 2.16. The summed E-state index contributed by atoms with van der Waals surface area (Å²) in [6.45, 7) is 5.07. The molecule has 0 aliphatic carbocycles. The van der Waals surface area contributed by atoms with Crippen LogP contribution in [-0.2, 0) is 6.54 Å². The Balaban J connectivity index is 1.62. The third-order valence-corrected chi connectivity index (χ3v) is 4.69. The van der Waals surface area contributed by atoms with Gasteiger partial charge in [0.2, 0.25) is 5.56 Å². The summed E-state index contributed by atoms with van der Waals surface area (Å²) in [6.07, 6.45) is 6.71. The van der Waals surface area contributed by atoms with Crippen molar-refractivity contribution in [2.45, 2.75) is 39.2 Å². The number of amides is 1. The summed E-state index contributed by atoms with van der Waals surface area (Å²) in [4.78, 5) is 28.6. The average molecular weight is 339 g/mol. The van der Waals surface area contributed by atoms with Gasteiger partial charge in [-0.05, 0) is 56.1 Å². The second-order valence-electron chi connectivity index (χ2n) is 6.74. The van der Waals surface area contributed by atoms with E-state index in [4.69, 9.17) is 0 Å². The monoisotopic (exact) mass is 339 g/mol. The number of pyridine rings is 1. The Morgan fingerprint density at radius 3 is 2.44 bits per heavy atom. The van der Waals surface area contributed by atoms with E-state index in [-0.39, 0.29) is 11.5 Å². The van der Waals surface area contributed by atoms with Gasteiger partial charge in [-0.1, -0.05) is 25.0 Å². The highest BCUT2D eigenvalue weighted by atomic mass is 16.1. The minimum absolute atomic E-state index is 0.202. The maximum atomic E-state index is 12.3. The summed E-state index contributed by atoms with van der Waals surface area (Å²) >= 11 is 0. The third-order valence-electron chi connectivity index (χ3n) is 4.69. The zero-order valence-electron chi connectivity index (χ0n) is 14.7. The first-order valence-corrected chi connectivity index (χ1v) is 8.94. The number of aryl methyl sites for hydroxylation is 1. The Hall–Kier alpha value is -2.40. The maximum Gasteiger partial charge on any atom is 0.257 e. The standard InChI is InChI=1S/C20H25N3O2/c1-15-12-19(24)21-13-18(15)20(25)22-17-8-6-16(7-9-17)14-23-10-4-2-3-5-11-23/h6-9,12-13H,2-5,10-11,14H2,1H3,(H,21,24)(H,22,25). The number of aromatic nitrogens is 1. The molecule has 0 unspecified atom stereocenters. The van der Waals surface area contributed by atoms with Crippen LogP contribution in [0.4, 0.5) is 5.69 Å². The Labute approximate surface area is 148 Å². The molecule has 1 aromatic carbocycles. The van der Waals surface area contributed by atoms with Gasteiger partial charge >= 0.3 is 0 Å². The second kappa shape index (κ2) is 8.12. The molecule has 1 aliphatic heterocycles. The van der Waals surface area contributed by atoms with Gasteiger partial charge in [0, 0.05) is 24.5 Å². The number of carbonyl (C=O) groups is 1. The number of anilines is 1. The van der Waals surface area contributed by atoms with Gasteiger partial charge < -0.3 is 10.3 Å². The number of H-pyrrole nitrogens is 1. The fourth-order valence-electron chi connectivity index (χ4n) is 3.26. The summed E-state index contributed by atoms with van der Waals surface area (Å²) in [7, 11) is 0. The van der Waals surface area contributed by atoms with E-state index in [1.807, 2.05) is 12.1 Å². The van der Waals surface area contributed by atoms with Crippen molar-refractivity contribution in [3.63, 3.8) is 0 Å². The highest BCUT2D eigenvalue weighted by Gasteiger charge is 2.11. The molecule has 5 nitrogen and oxygen atoms in total. The van der Waals surface area contributed by atoms with Gasteiger partial charge in [-0.2, -0.15) is 0 Å². The fraction of sp³-hybridized carbons (Fsp3) is 0.400. The van der Waals surface area contributed by atoms with Crippen LogP contribution in [0.15, 0.2) is 41.3 Å². The molecule has 0 radical (unpaired) electrons. The van der Waals surface area contributed by atoms with Gasteiger partial charge in [0.25, 0.3) is 5.91 Å². The van der Waals surface area contributed by atoms with Crippen LogP contribution in [0.25, 0.3) is 0 Å². The van der Waals surface area contributed by atoms with Crippen LogP contribution in [0.3, 0.4) is 0 Å². The van der Waals surface area contributed by atoms with Crippen molar-refractivity contribution >= 4 is 11.6 Å². The molecule has 1 fully saturated rings. The van der Waals surface area contributed by atoms with Crippen molar-refractivity contribution in [2.24, 2.45) is 0 Å². The molecule has 0 saturated carbocycles. The molecule has 2 N–H and O–H groups in total. The van der Waals surface area contributed by atoms with Crippen molar-refractivity contribution in [3.05, 3.63) is 63.6 Å². The predicted molar refractivity (Wildman–Crippen MR) is 99.9 cm³/mol. The molecule has 0 spiro atoms. The first-order chi connectivity index (χ1) is 12.1. The van der Waals surface area contributed by atoms with Gasteiger partial charge in [-0.3, -0.25) is 14.5 Å². The number of rotatable bonds is 4. The zero-order chi connectivity index (χ0) is 17.6. The normalized spacial score (nSPS) is 15.6. The molecule has 1 amide bonds. The predicted octanol–water partition coefficient (Wildman–Crippen LogP) is 3.31. The molecule has 0 bridgehead atoms. The van der Waals surface area contributed by atoms with Crippen molar-refractivity contribution in [3.8, 4) is 0 Å². The summed E-state index contributed by atoms with van der Waals surface area (Å²) in [5.74, 6) is -0.214. The van der Waals surface area contributed by atoms with E-state index in [1.165, 1.54) is 56.6 Å². The van der Waals surface area contributed by atoms with Crippen molar-refractivity contribution in [1.29, 1.82) is 0 Å². The molecule has 1 aliphatic rings. The van der Waals surface area contributed by atoms with Crippen LogP contribution in [0.5, 0.6) is 0 Å². The van der Waals surface area contributed by atoms with Crippen LogP contribution in [0.2, 0.25) is 0 Å². The molecule has 2 aromatic rings. The fourth-order valence-corrected chi connectivity index (χ4v) is 3.26. The zero-order valence-corrected chi connectivity index (χ0v) is 14.7. The number of hydrogen-bond acceptors (Lipinski definition) is 3. The van der Waals surface area contributed by atoms with Gasteiger partial charge in [-0.25, -0.2) is 0 Å². The van der Waals surface area contributed by atoms with E-state index in [0.717, 1.165) is 12.2 Å². The lowest BCUT2D eigenvalue weighted by Gasteiger charge is -2.19. The lowest BCUT2D eigenvalue weighted by Crippen LogP contribution is -2.23. The Morgan fingerprint density at radius 1 is 1.12 bits per heavy atom. The van der Waals surface area contributed by atoms with Gasteiger partial charge in [0.15, 0.2) is 0 Å². The number of aromatic amines is 1. The van der Waals surface area contributed by atoms with Crippen molar-refractivity contribution < 1.29 is 4.79 Å². The molecular weight excluding hydrogens is 314 g/mol. The van der Waals surface area contributed by atoms with Gasteiger partial charge in [-0.15, -0.1) is 0 Å². The van der Waals surface area contributed by atoms with E-state index < -0.39 is 0 Å². The smallest absolute Gasteiger partial charge is 0.257 e. The van der Waals surface area contributed by atoms with E-state index in [1.54, 1.807) is 6.92 Å².